The summed E-state index contributed by atoms with van der Waals surface area (Å²) in [5.41, 5.74) is 3.86. The zero-order valence-electron chi connectivity index (χ0n) is 20.2. The highest BCUT2D eigenvalue weighted by Crippen LogP contribution is 2.28. The SMILES string of the molecule is O=C(CSc1nnc(COc2ccc(Cl)cc2Cl)o1)N/N=C\c1ccc(OCC(=O)Nc2ccccc2)cc1. The summed E-state index contributed by atoms with van der Waals surface area (Å²) in [4.78, 5) is 24.1. The lowest BCUT2D eigenvalue weighted by molar-refractivity contribution is -0.119. The summed E-state index contributed by atoms with van der Waals surface area (Å²) in [6.07, 6.45) is 1.48. The zero-order valence-corrected chi connectivity index (χ0v) is 22.5. The van der Waals surface area contributed by atoms with E-state index >= 15 is 0 Å². The topological polar surface area (TPSA) is 128 Å². The number of rotatable bonds is 12. The largest absolute Gasteiger partial charge is 0.484 e. The van der Waals surface area contributed by atoms with Gasteiger partial charge in [0.25, 0.3) is 22.9 Å². The number of thioether (sulfide) groups is 1. The first-order chi connectivity index (χ1) is 18.9. The van der Waals surface area contributed by atoms with Crippen LogP contribution in [0, 0.1) is 0 Å². The summed E-state index contributed by atoms with van der Waals surface area (Å²) in [5, 5.41) is 15.5. The molecule has 10 nitrogen and oxygen atoms in total. The Kier molecular flexibility index (Phi) is 10.2. The number of hydrogen-bond donors (Lipinski definition) is 2. The van der Waals surface area contributed by atoms with E-state index < -0.39 is 0 Å². The maximum absolute atomic E-state index is 12.1. The second kappa shape index (κ2) is 14.2. The molecule has 13 heteroatoms. The van der Waals surface area contributed by atoms with Crippen LogP contribution in [0.5, 0.6) is 11.5 Å². The molecule has 200 valence electrons. The number of para-hydroxylation sites is 1. The standard InChI is InChI=1S/C26H21Cl2N5O5S/c27-18-8-11-22(21(28)12-18)37-15-25-32-33-26(38-25)39-16-24(35)31-29-13-17-6-9-20(10-7-17)36-14-23(34)30-19-4-2-1-3-5-19/h1-13H,14-16H2,(H,30,34)(H,31,35)/b29-13-. The molecular formula is C26H21Cl2N5O5S. The number of nitrogens with zero attached hydrogens (tertiary/aromatic N) is 3. The molecule has 1 aromatic heterocycles. The Balaban J connectivity index is 1.14. The number of halogens is 2. The average molecular weight is 586 g/mol. The highest BCUT2D eigenvalue weighted by molar-refractivity contribution is 7.99. The van der Waals surface area contributed by atoms with Gasteiger partial charge < -0.3 is 19.2 Å². The van der Waals surface area contributed by atoms with Crippen LogP contribution >= 0.6 is 35.0 Å². The number of hydrazone groups is 1. The molecular weight excluding hydrogens is 565 g/mol. The minimum absolute atomic E-state index is 0.0100. The molecule has 0 aliphatic carbocycles. The molecule has 0 spiro atoms. The van der Waals surface area contributed by atoms with Crippen LogP contribution in [-0.4, -0.2) is 40.6 Å². The van der Waals surface area contributed by atoms with Crippen molar-refractivity contribution >= 4 is 58.7 Å². The molecule has 0 fully saturated rings. The molecule has 0 aliphatic heterocycles. The Morgan fingerprint density at radius 2 is 1.77 bits per heavy atom. The molecule has 0 aliphatic rings. The molecule has 0 bridgehead atoms. The Morgan fingerprint density at radius 3 is 2.54 bits per heavy atom. The molecule has 4 rings (SSSR count). The minimum atomic E-state index is -0.357. The minimum Gasteiger partial charge on any atom is -0.484 e. The molecule has 4 aromatic rings. The first-order valence-corrected chi connectivity index (χ1v) is 13.1. The number of carbonyl (C=O) groups is 2. The molecule has 2 amide bonds. The number of anilines is 1. The van der Waals surface area contributed by atoms with Gasteiger partial charge in [0.05, 0.1) is 17.0 Å². The van der Waals surface area contributed by atoms with Crippen molar-refractivity contribution in [3.8, 4) is 11.5 Å². The Bertz CT molecular complexity index is 1430. The first kappa shape index (κ1) is 28.0. The van der Waals surface area contributed by atoms with Crippen molar-refractivity contribution in [1.82, 2.24) is 15.6 Å². The average Bonchev–Trinajstić information content (AvgIpc) is 3.39. The summed E-state index contributed by atoms with van der Waals surface area (Å²) < 4.78 is 16.5. The number of nitrogens with one attached hydrogen (secondary N) is 2. The maximum Gasteiger partial charge on any atom is 0.277 e. The van der Waals surface area contributed by atoms with Crippen molar-refractivity contribution in [3.63, 3.8) is 0 Å². The number of carbonyl (C=O) groups excluding carboxylic acids is 2. The lowest BCUT2D eigenvalue weighted by atomic mass is 10.2. The zero-order chi connectivity index (χ0) is 27.5. The highest BCUT2D eigenvalue weighted by atomic mass is 35.5. The quantitative estimate of drug-likeness (QED) is 0.132. The van der Waals surface area contributed by atoms with E-state index in [1.54, 1.807) is 54.6 Å². The Hall–Kier alpha value is -4.06. The van der Waals surface area contributed by atoms with Crippen LogP contribution in [-0.2, 0) is 16.2 Å². The number of aromatic nitrogens is 2. The van der Waals surface area contributed by atoms with Crippen molar-refractivity contribution in [2.24, 2.45) is 5.10 Å². The summed E-state index contributed by atoms with van der Waals surface area (Å²) >= 11 is 13.0. The lowest BCUT2D eigenvalue weighted by Gasteiger charge is -2.07. The molecule has 2 N–H and O–H groups in total. The predicted octanol–water partition coefficient (Wildman–Crippen LogP) is 5.22. The van der Waals surface area contributed by atoms with Crippen molar-refractivity contribution in [3.05, 3.63) is 94.3 Å². The predicted molar refractivity (Wildman–Crippen MR) is 149 cm³/mol. The van der Waals surface area contributed by atoms with Gasteiger partial charge in [-0.3, -0.25) is 9.59 Å². The van der Waals surface area contributed by atoms with Crippen molar-refractivity contribution in [2.75, 3.05) is 17.7 Å². The van der Waals surface area contributed by atoms with E-state index in [0.717, 1.165) is 17.3 Å². The second-order valence-electron chi connectivity index (χ2n) is 7.68. The summed E-state index contributed by atoms with van der Waals surface area (Å²) in [6.45, 7) is -0.114. The van der Waals surface area contributed by atoms with Crippen molar-refractivity contribution in [1.29, 1.82) is 0 Å². The fourth-order valence-electron chi connectivity index (χ4n) is 2.94. The molecule has 39 heavy (non-hydrogen) atoms. The van der Waals surface area contributed by atoms with E-state index in [1.165, 1.54) is 6.21 Å². The van der Waals surface area contributed by atoms with Crippen LogP contribution in [0.3, 0.4) is 0 Å². The van der Waals surface area contributed by atoms with Crippen LogP contribution in [0.1, 0.15) is 11.5 Å². The Morgan fingerprint density at radius 1 is 0.974 bits per heavy atom. The molecule has 0 atom stereocenters. The van der Waals surface area contributed by atoms with Gasteiger partial charge in [0.2, 0.25) is 0 Å². The summed E-state index contributed by atoms with van der Waals surface area (Å²) in [6, 6.07) is 20.9. The maximum atomic E-state index is 12.1. The van der Waals surface area contributed by atoms with E-state index in [2.05, 4.69) is 26.0 Å². The smallest absolute Gasteiger partial charge is 0.277 e. The monoisotopic (exact) mass is 585 g/mol. The van der Waals surface area contributed by atoms with Crippen molar-refractivity contribution < 1.29 is 23.5 Å². The Labute approximate surface area is 237 Å². The summed E-state index contributed by atoms with van der Waals surface area (Å²) in [5.74, 6) is 0.576. The molecule has 1 heterocycles. The van der Waals surface area contributed by atoms with Crippen LogP contribution in [0.15, 0.2) is 87.5 Å². The van der Waals surface area contributed by atoms with Gasteiger partial charge in [-0.05, 0) is 60.2 Å². The third-order valence-electron chi connectivity index (χ3n) is 4.73. The van der Waals surface area contributed by atoms with Crippen LogP contribution in [0.4, 0.5) is 5.69 Å². The van der Waals surface area contributed by atoms with Crippen LogP contribution in [0.2, 0.25) is 10.0 Å². The molecule has 0 saturated heterocycles. The van der Waals surface area contributed by atoms with E-state index in [9.17, 15) is 9.59 Å². The van der Waals surface area contributed by atoms with Gasteiger partial charge in [-0.15, -0.1) is 10.2 Å². The van der Waals surface area contributed by atoms with Crippen LogP contribution in [0.25, 0.3) is 0 Å². The number of benzene rings is 3. The number of hydrogen-bond acceptors (Lipinski definition) is 9. The van der Waals surface area contributed by atoms with Crippen LogP contribution < -0.4 is 20.2 Å². The van der Waals surface area contributed by atoms with Gasteiger partial charge in [0.15, 0.2) is 13.2 Å². The fourth-order valence-corrected chi connectivity index (χ4v) is 3.98. The van der Waals surface area contributed by atoms with Gasteiger partial charge in [-0.25, -0.2) is 5.43 Å². The van der Waals surface area contributed by atoms with Gasteiger partial charge >= 0.3 is 0 Å². The highest BCUT2D eigenvalue weighted by Gasteiger charge is 2.11. The molecule has 0 unspecified atom stereocenters. The normalized spacial score (nSPS) is 10.8. The van der Waals surface area contributed by atoms with E-state index in [0.29, 0.717) is 27.2 Å². The number of amides is 2. The molecule has 0 saturated carbocycles. The van der Waals surface area contributed by atoms with Gasteiger partial charge in [-0.1, -0.05) is 53.2 Å². The van der Waals surface area contributed by atoms with Gasteiger partial charge in [-0.2, -0.15) is 5.10 Å². The first-order valence-electron chi connectivity index (χ1n) is 11.4. The fraction of sp³-hybridized carbons (Fsp3) is 0.115. The summed E-state index contributed by atoms with van der Waals surface area (Å²) in [7, 11) is 0. The van der Waals surface area contributed by atoms with Gasteiger partial charge in [0, 0.05) is 10.7 Å². The number of ether oxygens (including phenoxy) is 2. The van der Waals surface area contributed by atoms with E-state index in [1.807, 2.05) is 18.2 Å². The lowest BCUT2D eigenvalue weighted by Crippen LogP contribution is -2.20. The third-order valence-corrected chi connectivity index (χ3v) is 6.08. The third kappa shape index (κ3) is 9.32. The second-order valence-corrected chi connectivity index (χ2v) is 9.45. The molecule has 0 radical (unpaired) electrons. The van der Waals surface area contributed by atoms with Crippen molar-refractivity contribution in [2.45, 2.75) is 11.8 Å². The van der Waals surface area contributed by atoms with E-state index in [4.69, 9.17) is 37.1 Å². The van der Waals surface area contributed by atoms with E-state index in [-0.39, 0.29) is 41.9 Å². The van der Waals surface area contributed by atoms with Gasteiger partial charge in [0.1, 0.15) is 11.5 Å². The molecule has 3 aromatic carbocycles.